The molecule has 108 valence electrons. The molecule has 2 N–H and O–H groups in total. The number of hydrogen-bond donors (Lipinski definition) is 2. The van der Waals surface area contributed by atoms with Gasteiger partial charge in [0.15, 0.2) is 0 Å². The van der Waals surface area contributed by atoms with Gasteiger partial charge in [-0.25, -0.2) is 0 Å². The van der Waals surface area contributed by atoms with Crippen molar-refractivity contribution < 1.29 is 9.90 Å². The molecule has 1 atom stereocenters. The van der Waals surface area contributed by atoms with Gasteiger partial charge in [-0.3, -0.25) is 4.79 Å². The standard InChI is InChI=1S/C17H23NO2/c1-10(13-5-6-13)16-9-15(18-11(2)19)8-14(17(16)20)7-12-3-4-12/h8-10,12-13,20H,3-7H2,1-2H3,(H,18,19). The SMILES string of the molecule is CC(=O)Nc1cc(CC2CC2)c(O)c(C(C)C2CC2)c1. The van der Waals surface area contributed by atoms with Crippen LogP contribution in [0.15, 0.2) is 12.1 Å². The van der Waals surface area contributed by atoms with E-state index in [1.807, 2.05) is 12.1 Å². The second-order valence-corrected chi connectivity index (χ2v) is 6.53. The van der Waals surface area contributed by atoms with E-state index >= 15 is 0 Å². The highest BCUT2D eigenvalue weighted by atomic mass is 16.3. The topological polar surface area (TPSA) is 49.3 Å². The van der Waals surface area contributed by atoms with E-state index in [-0.39, 0.29) is 5.91 Å². The van der Waals surface area contributed by atoms with Gasteiger partial charge in [-0.1, -0.05) is 6.92 Å². The quantitative estimate of drug-likeness (QED) is 0.801. The largest absolute Gasteiger partial charge is 0.507 e. The number of amides is 1. The summed E-state index contributed by atoms with van der Waals surface area (Å²) < 4.78 is 0. The van der Waals surface area contributed by atoms with E-state index in [4.69, 9.17) is 0 Å². The average molecular weight is 273 g/mol. The third-order valence-corrected chi connectivity index (χ3v) is 4.56. The minimum atomic E-state index is -0.0573. The molecule has 0 bridgehead atoms. The Balaban J connectivity index is 1.94. The zero-order chi connectivity index (χ0) is 14.3. The van der Waals surface area contributed by atoms with Gasteiger partial charge < -0.3 is 10.4 Å². The Bertz CT molecular complexity index is 530. The van der Waals surface area contributed by atoms with Gasteiger partial charge in [0.05, 0.1) is 0 Å². The highest BCUT2D eigenvalue weighted by molar-refractivity contribution is 5.89. The summed E-state index contributed by atoms with van der Waals surface area (Å²) in [4.78, 5) is 11.3. The molecule has 2 fully saturated rings. The van der Waals surface area contributed by atoms with Crippen molar-refractivity contribution in [1.82, 2.24) is 0 Å². The molecule has 2 aliphatic carbocycles. The van der Waals surface area contributed by atoms with E-state index in [0.29, 0.717) is 17.6 Å². The van der Waals surface area contributed by atoms with Crippen LogP contribution in [-0.2, 0) is 11.2 Å². The molecule has 1 aromatic rings. The third-order valence-electron chi connectivity index (χ3n) is 4.56. The molecule has 1 aromatic carbocycles. The van der Waals surface area contributed by atoms with Crippen LogP contribution in [0, 0.1) is 11.8 Å². The summed E-state index contributed by atoms with van der Waals surface area (Å²) >= 11 is 0. The number of rotatable bonds is 5. The summed E-state index contributed by atoms with van der Waals surface area (Å²) in [6, 6.07) is 3.90. The Kier molecular flexibility index (Phi) is 3.45. The summed E-state index contributed by atoms with van der Waals surface area (Å²) in [7, 11) is 0. The van der Waals surface area contributed by atoms with Gasteiger partial charge >= 0.3 is 0 Å². The molecule has 0 radical (unpaired) electrons. The first-order valence-electron chi connectivity index (χ1n) is 7.68. The highest BCUT2D eigenvalue weighted by Gasteiger charge is 2.32. The molecule has 20 heavy (non-hydrogen) atoms. The van der Waals surface area contributed by atoms with E-state index in [2.05, 4.69) is 12.2 Å². The normalized spacial score (nSPS) is 19.7. The fourth-order valence-electron chi connectivity index (χ4n) is 2.98. The summed E-state index contributed by atoms with van der Waals surface area (Å²) in [5.74, 6) is 2.20. The first kappa shape index (κ1) is 13.5. The Hall–Kier alpha value is -1.51. The highest BCUT2D eigenvalue weighted by Crippen LogP contribution is 2.47. The van der Waals surface area contributed by atoms with E-state index in [1.165, 1.54) is 32.6 Å². The number of phenols is 1. The fraction of sp³-hybridized carbons (Fsp3) is 0.588. The van der Waals surface area contributed by atoms with Gasteiger partial charge in [0.25, 0.3) is 0 Å². The molecule has 1 amide bonds. The summed E-state index contributed by atoms with van der Waals surface area (Å²) in [5.41, 5.74) is 2.84. The summed E-state index contributed by atoms with van der Waals surface area (Å²) in [5, 5.41) is 13.4. The minimum absolute atomic E-state index is 0.0573. The lowest BCUT2D eigenvalue weighted by atomic mass is 9.91. The molecule has 3 rings (SSSR count). The van der Waals surface area contributed by atoms with Gasteiger partial charge in [-0.15, -0.1) is 0 Å². The molecular weight excluding hydrogens is 250 g/mol. The van der Waals surface area contributed by atoms with E-state index in [1.54, 1.807) is 0 Å². The zero-order valence-electron chi connectivity index (χ0n) is 12.3. The van der Waals surface area contributed by atoms with Crippen molar-refractivity contribution in [3.05, 3.63) is 23.3 Å². The van der Waals surface area contributed by atoms with Crippen molar-refractivity contribution in [3.8, 4) is 5.75 Å². The molecule has 0 aromatic heterocycles. The number of anilines is 1. The molecule has 3 nitrogen and oxygen atoms in total. The van der Waals surface area contributed by atoms with Crippen LogP contribution in [0.25, 0.3) is 0 Å². The molecule has 2 saturated carbocycles. The molecular formula is C17H23NO2. The maximum atomic E-state index is 11.3. The molecule has 1 unspecified atom stereocenters. The van der Waals surface area contributed by atoms with Gasteiger partial charge in [-0.2, -0.15) is 0 Å². The van der Waals surface area contributed by atoms with Crippen molar-refractivity contribution in [3.63, 3.8) is 0 Å². The van der Waals surface area contributed by atoms with Crippen LogP contribution in [-0.4, -0.2) is 11.0 Å². The second kappa shape index (κ2) is 5.12. The smallest absolute Gasteiger partial charge is 0.221 e. The molecule has 2 aliphatic rings. The van der Waals surface area contributed by atoms with Crippen LogP contribution in [0.3, 0.4) is 0 Å². The van der Waals surface area contributed by atoms with Crippen LogP contribution in [0.4, 0.5) is 5.69 Å². The molecule has 3 heteroatoms. The lowest BCUT2D eigenvalue weighted by molar-refractivity contribution is -0.114. The van der Waals surface area contributed by atoms with Gasteiger partial charge in [-0.05, 0) is 73.1 Å². The molecule has 0 aliphatic heterocycles. The van der Waals surface area contributed by atoms with E-state index < -0.39 is 0 Å². The number of nitrogens with one attached hydrogen (secondary N) is 1. The van der Waals surface area contributed by atoms with Crippen LogP contribution < -0.4 is 5.32 Å². The predicted octanol–water partition coefficient (Wildman–Crippen LogP) is 3.82. The average Bonchev–Trinajstić information content (AvgIpc) is 3.25. The zero-order valence-corrected chi connectivity index (χ0v) is 12.3. The van der Waals surface area contributed by atoms with Crippen LogP contribution >= 0.6 is 0 Å². The maximum absolute atomic E-state index is 11.3. The molecule has 0 heterocycles. The Morgan fingerprint density at radius 1 is 1.35 bits per heavy atom. The predicted molar refractivity (Wildman–Crippen MR) is 80.0 cm³/mol. The summed E-state index contributed by atoms with van der Waals surface area (Å²) in [6.45, 7) is 3.71. The monoisotopic (exact) mass is 273 g/mol. The van der Waals surface area contributed by atoms with Crippen molar-refractivity contribution in [1.29, 1.82) is 0 Å². The van der Waals surface area contributed by atoms with Crippen molar-refractivity contribution in [2.24, 2.45) is 11.8 Å². The number of phenolic OH excluding ortho intramolecular Hbond substituents is 1. The lowest BCUT2D eigenvalue weighted by Gasteiger charge is -2.18. The molecule has 0 saturated heterocycles. The second-order valence-electron chi connectivity index (χ2n) is 6.53. The number of carbonyl (C=O) groups excluding carboxylic acids is 1. The first-order valence-corrected chi connectivity index (χ1v) is 7.68. The van der Waals surface area contributed by atoms with Crippen molar-refractivity contribution in [2.75, 3.05) is 5.32 Å². The number of aromatic hydroxyl groups is 1. The Morgan fingerprint density at radius 3 is 2.60 bits per heavy atom. The van der Waals surface area contributed by atoms with Crippen LogP contribution in [0.5, 0.6) is 5.75 Å². The van der Waals surface area contributed by atoms with Gasteiger partial charge in [0.2, 0.25) is 5.91 Å². The van der Waals surface area contributed by atoms with E-state index in [0.717, 1.165) is 29.2 Å². The first-order chi connectivity index (χ1) is 9.54. The fourth-order valence-corrected chi connectivity index (χ4v) is 2.98. The van der Waals surface area contributed by atoms with Gasteiger partial charge in [0.1, 0.15) is 5.75 Å². The number of hydrogen-bond acceptors (Lipinski definition) is 2. The minimum Gasteiger partial charge on any atom is -0.507 e. The third kappa shape index (κ3) is 2.97. The van der Waals surface area contributed by atoms with Crippen molar-refractivity contribution >= 4 is 11.6 Å². The summed E-state index contributed by atoms with van der Waals surface area (Å²) in [6.07, 6.45) is 5.96. The number of carbonyl (C=O) groups is 1. The van der Waals surface area contributed by atoms with Gasteiger partial charge in [0, 0.05) is 12.6 Å². The number of benzene rings is 1. The van der Waals surface area contributed by atoms with E-state index in [9.17, 15) is 9.90 Å². The van der Waals surface area contributed by atoms with Crippen LogP contribution in [0.2, 0.25) is 0 Å². The Labute approximate surface area is 120 Å². The molecule has 0 spiro atoms. The Morgan fingerprint density at radius 2 is 2.05 bits per heavy atom. The lowest BCUT2D eigenvalue weighted by Crippen LogP contribution is -2.08. The van der Waals surface area contributed by atoms with Crippen molar-refractivity contribution in [2.45, 2.75) is 51.9 Å². The maximum Gasteiger partial charge on any atom is 0.221 e. The van der Waals surface area contributed by atoms with Crippen LogP contribution in [0.1, 0.15) is 56.6 Å².